The molecule has 0 radical (unpaired) electrons. The minimum atomic E-state index is -0.378. The summed E-state index contributed by atoms with van der Waals surface area (Å²) in [6.07, 6.45) is 0. The highest BCUT2D eigenvalue weighted by molar-refractivity contribution is 7.99. The summed E-state index contributed by atoms with van der Waals surface area (Å²) in [5, 5.41) is 18.4. The van der Waals surface area contributed by atoms with E-state index in [1.807, 2.05) is 84.9 Å². The lowest BCUT2D eigenvalue weighted by Crippen LogP contribution is -2.12. The number of carbonyl (C=O) groups is 1. The van der Waals surface area contributed by atoms with Crippen molar-refractivity contribution >= 4 is 17.5 Å². The third-order valence-electron chi connectivity index (χ3n) is 5.47. The van der Waals surface area contributed by atoms with Crippen molar-refractivity contribution in [1.29, 1.82) is 5.26 Å². The highest BCUT2D eigenvalue weighted by Gasteiger charge is 2.21. The van der Waals surface area contributed by atoms with Gasteiger partial charge >= 0.3 is 0 Å². The summed E-state index contributed by atoms with van der Waals surface area (Å²) < 4.78 is 13.6. The standard InChI is InChI=1S/C28H25N5O3S/c1-19(30)22(16-29)24(34)18-37-28-32-31-27(33(28)23-13-7-9-15-26(23)35-2)17-36-25-14-8-6-12-21(25)20-10-4-3-5-11-20/h3-15H,17-18,30H2,1-2H3/b22-19-. The molecule has 8 nitrogen and oxygen atoms in total. The number of para-hydroxylation sites is 3. The van der Waals surface area contributed by atoms with Gasteiger partial charge in [-0.2, -0.15) is 5.26 Å². The van der Waals surface area contributed by atoms with E-state index in [1.165, 1.54) is 6.92 Å². The van der Waals surface area contributed by atoms with E-state index < -0.39 is 0 Å². The Morgan fingerprint density at radius 1 is 1.00 bits per heavy atom. The van der Waals surface area contributed by atoms with Gasteiger partial charge in [0.05, 0.1) is 18.6 Å². The zero-order valence-electron chi connectivity index (χ0n) is 20.4. The van der Waals surface area contributed by atoms with E-state index in [0.717, 1.165) is 22.9 Å². The Hall–Kier alpha value is -4.55. The van der Waals surface area contributed by atoms with Crippen LogP contribution in [0.1, 0.15) is 12.7 Å². The maximum Gasteiger partial charge on any atom is 0.196 e. The first-order valence-electron chi connectivity index (χ1n) is 11.4. The Kier molecular flexibility index (Phi) is 8.23. The number of Topliss-reactive ketones (excluding diaryl/α,β-unsaturated/α-hetero) is 1. The van der Waals surface area contributed by atoms with E-state index in [0.29, 0.717) is 28.2 Å². The van der Waals surface area contributed by atoms with Crippen molar-refractivity contribution in [1.82, 2.24) is 14.8 Å². The molecule has 1 heterocycles. The van der Waals surface area contributed by atoms with E-state index in [1.54, 1.807) is 11.7 Å². The number of ether oxygens (including phenoxy) is 2. The first-order chi connectivity index (χ1) is 18.0. The fourth-order valence-corrected chi connectivity index (χ4v) is 4.54. The van der Waals surface area contributed by atoms with Crippen molar-refractivity contribution in [2.45, 2.75) is 18.7 Å². The second-order valence-electron chi connectivity index (χ2n) is 7.94. The Morgan fingerprint density at radius 3 is 2.38 bits per heavy atom. The molecule has 1 aromatic heterocycles. The van der Waals surface area contributed by atoms with Crippen molar-refractivity contribution in [3.05, 3.63) is 96.0 Å². The molecule has 186 valence electrons. The maximum absolute atomic E-state index is 12.6. The van der Waals surface area contributed by atoms with E-state index in [4.69, 9.17) is 15.2 Å². The Labute approximate surface area is 219 Å². The van der Waals surface area contributed by atoms with Crippen LogP contribution in [0.5, 0.6) is 11.5 Å². The van der Waals surface area contributed by atoms with Crippen LogP contribution in [0.25, 0.3) is 16.8 Å². The van der Waals surface area contributed by atoms with Crippen molar-refractivity contribution in [3.8, 4) is 34.4 Å². The Morgan fingerprint density at radius 2 is 1.68 bits per heavy atom. The lowest BCUT2D eigenvalue weighted by Gasteiger charge is -2.15. The zero-order valence-corrected chi connectivity index (χ0v) is 21.2. The molecule has 2 N–H and O–H groups in total. The van der Waals surface area contributed by atoms with Crippen LogP contribution in [0.2, 0.25) is 0 Å². The number of allylic oxidation sites excluding steroid dienone is 2. The molecular formula is C28H25N5O3S. The first kappa shape index (κ1) is 25.5. The molecule has 0 saturated heterocycles. The predicted molar refractivity (Wildman–Crippen MR) is 142 cm³/mol. The van der Waals surface area contributed by atoms with Crippen LogP contribution in [0.3, 0.4) is 0 Å². The number of methoxy groups -OCH3 is 1. The number of rotatable bonds is 10. The SMILES string of the molecule is COc1ccccc1-n1c(COc2ccccc2-c2ccccc2)nnc1SCC(=O)/C(C#N)=C(/C)N. The van der Waals surface area contributed by atoms with Gasteiger partial charge in [0, 0.05) is 11.3 Å². The number of carbonyl (C=O) groups excluding carboxylic acids is 1. The average molecular weight is 512 g/mol. The topological polar surface area (TPSA) is 116 Å². The summed E-state index contributed by atoms with van der Waals surface area (Å²) in [7, 11) is 1.58. The van der Waals surface area contributed by atoms with Crippen LogP contribution in [-0.4, -0.2) is 33.4 Å². The van der Waals surface area contributed by atoms with Gasteiger partial charge in [-0.15, -0.1) is 10.2 Å². The minimum Gasteiger partial charge on any atom is -0.495 e. The molecular weight excluding hydrogens is 486 g/mol. The average Bonchev–Trinajstić information content (AvgIpc) is 3.34. The maximum atomic E-state index is 12.6. The van der Waals surface area contributed by atoms with Crippen LogP contribution in [0.4, 0.5) is 0 Å². The largest absolute Gasteiger partial charge is 0.495 e. The van der Waals surface area contributed by atoms with E-state index in [9.17, 15) is 10.1 Å². The van der Waals surface area contributed by atoms with Crippen LogP contribution < -0.4 is 15.2 Å². The molecule has 9 heteroatoms. The van der Waals surface area contributed by atoms with Gasteiger partial charge in [0.1, 0.15) is 29.7 Å². The van der Waals surface area contributed by atoms with Gasteiger partial charge in [-0.1, -0.05) is 72.4 Å². The fraction of sp³-hybridized carbons (Fsp3) is 0.143. The smallest absolute Gasteiger partial charge is 0.196 e. The number of aromatic nitrogens is 3. The fourth-order valence-electron chi connectivity index (χ4n) is 3.71. The van der Waals surface area contributed by atoms with E-state index in [-0.39, 0.29) is 29.4 Å². The molecule has 37 heavy (non-hydrogen) atoms. The quantitative estimate of drug-likeness (QED) is 0.181. The van der Waals surface area contributed by atoms with Gasteiger partial charge in [-0.05, 0) is 30.7 Å². The molecule has 0 aliphatic carbocycles. The second kappa shape index (κ2) is 11.9. The van der Waals surface area contributed by atoms with Crippen LogP contribution in [0, 0.1) is 11.3 Å². The second-order valence-corrected chi connectivity index (χ2v) is 8.88. The number of benzene rings is 3. The summed E-state index contributed by atoms with van der Waals surface area (Å²) in [4.78, 5) is 12.6. The summed E-state index contributed by atoms with van der Waals surface area (Å²) in [6, 6.07) is 27.1. The molecule has 0 spiro atoms. The molecule has 0 fully saturated rings. The number of nitrogens with zero attached hydrogens (tertiary/aromatic N) is 4. The number of nitriles is 1. The summed E-state index contributed by atoms with van der Waals surface area (Å²) >= 11 is 1.16. The van der Waals surface area contributed by atoms with Gasteiger partial charge in [0.2, 0.25) is 0 Å². The van der Waals surface area contributed by atoms with Crippen LogP contribution in [-0.2, 0) is 11.4 Å². The van der Waals surface area contributed by atoms with Gasteiger partial charge in [0.25, 0.3) is 0 Å². The molecule has 0 amide bonds. The van der Waals surface area contributed by atoms with Gasteiger partial charge in [0.15, 0.2) is 16.8 Å². The highest BCUT2D eigenvalue weighted by Crippen LogP contribution is 2.32. The Bertz CT molecular complexity index is 1470. The number of nitrogens with two attached hydrogens (primary N) is 1. The molecule has 0 aliphatic heterocycles. The van der Waals surface area contributed by atoms with Crippen LogP contribution in [0.15, 0.2) is 95.3 Å². The molecule has 0 bridgehead atoms. The van der Waals surface area contributed by atoms with Gasteiger partial charge < -0.3 is 15.2 Å². The summed E-state index contributed by atoms with van der Waals surface area (Å²) in [5.74, 6) is 1.43. The predicted octanol–water partition coefficient (Wildman–Crippen LogP) is 4.94. The van der Waals surface area contributed by atoms with Crippen LogP contribution >= 0.6 is 11.8 Å². The first-order valence-corrected chi connectivity index (χ1v) is 12.4. The molecule has 0 unspecified atom stereocenters. The van der Waals surface area contributed by atoms with Crippen molar-refractivity contribution in [3.63, 3.8) is 0 Å². The van der Waals surface area contributed by atoms with Crippen molar-refractivity contribution < 1.29 is 14.3 Å². The highest BCUT2D eigenvalue weighted by atomic mass is 32.2. The van der Waals surface area contributed by atoms with E-state index in [2.05, 4.69) is 10.2 Å². The monoisotopic (exact) mass is 511 g/mol. The molecule has 0 atom stereocenters. The molecule has 3 aromatic carbocycles. The molecule has 0 saturated carbocycles. The van der Waals surface area contributed by atoms with Crippen molar-refractivity contribution in [2.24, 2.45) is 5.73 Å². The third-order valence-corrected chi connectivity index (χ3v) is 6.40. The zero-order chi connectivity index (χ0) is 26.2. The lowest BCUT2D eigenvalue weighted by molar-refractivity contribution is -0.112. The summed E-state index contributed by atoms with van der Waals surface area (Å²) in [6.45, 7) is 1.65. The summed E-state index contributed by atoms with van der Waals surface area (Å²) in [5.41, 5.74) is 8.51. The Balaban J connectivity index is 1.66. The van der Waals surface area contributed by atoms with Gasteiger partial charge in [-0.25, -0.2) is 0 Å². The normalized spacial score (nSPS) is 11.4. The molecule has 4 rings (SSSR count). The lowest BCUT2D eigenvalue weighted by atomic mass is 10.1. The van der Waals surface area contributed by atoms with Crippen molar-refractivity contribution in [2.75, 3.05) is 12.9 Å². The number of hydrogen-bond acceptors (Lipinski definition) is 8. The minimum absolute atomic E-state index is 0.0254. The molecule has 4 aromatic rings. The van der Waals surface area contributed by atoms with E-state index >= 15 is 0 Å². The third kappa shape index (κ3) is 5.82. The number of hydrogen-bond donors (Lipinski definition) is 1. The number of ketones is 1. The molecule has 0 aliphatic rings. The van der Waals surface area contributed by atoms with Gasteiger partial charge in [-0.3, -0.25) is 9.36 Å². The number of thioether (sulfide) groups is 1.